The van der Waals surface area contributed by atoms with Crippen LogP contribution in [0.4, 0.5) is 0 Å². The number of ether oxygens (including phenoxy) is 14. The molecule has 17 N–H and O–H groups in total. The van der Waals surface area contributed by atoms with Crippen molar-refractivity contribution in [2.45, 2.75) is 289 Å². The van der Waals surface area contributed by atoms with E-state index in [1.54, 1.807) is 0 Å². The van der Waals surface area contributed by atoms with Gasteiger partial charge in [-0.25, -0.2) is 0 Å². The summed E-state index contributed by atoms with van der Waals surface area (Å²) in [5, 5.41) is 184. The van der Waals surface area contributed by atoms with E-state index in [2.05, 4.69) is 20.8 Å². The van der Waals surface area contributed by atoms with Crippen LogP contribution in [0.5, 0.6) is 0 Å². The zero-order valence-corrected chi connectivity index (χ0v) is 52.4. The quantitative estimate of drug-likeness (QED) is 0.0679. The average Bonchev–Trinajstić information content (AvgIpc) is 1.50. The Labute approximate surface area is 532 Å². The van der Waals surface area contributed by atoms with E-state index >= 15 is 0 Å². The Hall–Kier alpha value is -1.24. The predicted molar refractivity (Wildman–Crippen MR) is 301 cm³/mol. The summed E-state index contributed by atoms with van der Waals surface area (Å²) < 4.78 is 87.3. The zero-order chi connectivity index (χ0) is 65.9. The van der Waals surface area contributed by atoms with Gasteiger partial charge in [0.05, 0.1) is 64.1 Å². The second kappa shape index (κ2) is 27.7. The van der Waals surface area contributed by atoms with Gasteiger partial charge in [0.15, 0.2) is 43.5 Å². The van der Waals surface area contributed by atoms with Gasteiger partial charge in [0.25, 0.3) is 0 Å². The highest BCUT2D eigenvalue weighted by molar-refractivity contribution is 5.16. The van der Waals surface area contributed by atoms with Crippen molar-refractivity contribution in [3.05, 3.63) is 0 Å². The Morgan fingerprint density at radius 3 is 1.63 bits per heavy atom. The molecule has 92 heavy (non-hydrogen) atoms. The lowest BCUT2D eigenvalue weighted by Crippen LogP contribution is -2.68. The van der Waals surface area contributed by atoms with E-state index in [0.717, 1.165) is 38.5 Å². The van der Waals surface area contributed by atoms with Gasteiger partial charge in [0.2, 0.25) is 0 Å². The first-order valence-electron chi connectivity index (χ1n) is 33.1. The molecule has 31 heteroatoms. The molecule has 0 bridgehead atoms. The fraction of sp³-hybridized carbons (Fsp3) is 1.00. The van der Waals surface area contributed by atoms with Crippen molar-refractivity contribution in [3.63, 3.8) is 0 Å². The molecule has 1 spiro atoms. The molecule has 8 aliphatic heterocycles. The van der Waals surface area contributed by atoms with Crippen molar-refractivity contribution in [3.8, 4) is 0 Å². The third-order valence-corrected chi connectivity index (χ3v) is 24.0. The molecule has 530 valence electrons. The summed E-state index contributed by atoms with van der Waals surface area (Å²) in [6.45, 7) is 7.26. The van der Waals surface area contributed by atoms with Gasteiger partial charge in [-0.05, 0) is 98.7 Å². The van der Waals surface area contributed by atoms with Gasteiger partial charge >= 0.3 is 0 Å². The van der Waals surface area contributed by atoms with Gasteiger partial charge in [0, 0.05) is 18.3 Å². The average molecular weight is 1330 g/mol. The minimum Gasteiger partial charge on any atom is -0.394 e. The molecule has 12 aliphatic rings. The summed E-state index contributed by atoms with van der Waals surface area (Å²) in [5.74, 6) is 0.375. The number of aliphatic hydroxyl groups excluding tert-OH is 17. The van der Waals surface area contributed by atoms with Gasteiger partial charge in [-0.3, -0.25) is 0 Å². The molecule has 0 aromatic heterocycles. The van der Waals surface area contributed by atoms with Gasteiger partial charge < -0.3 is 153 Å². The number of fused-ring (bicyclic) bond motifs is 7. The monoisotopic (exact) mass is 1330 g/mol. The highest BCUT2D eigenvalue weighted by Gasteiger charge is 2.70. The van der Waals surface area contributed by atoms with Crippen LogP contribution >= 0.6 is 0 Å². The summed E-state index contributed by atoms with van der Waals surface area (Å²) in [5.41, 5.74) is -0.175. The summed E-state index contributed by atoms with van der Waals surface area (Å²) in [6, 6.07) is 0. The standard InChI is InChI=1S/C61H100O31/c1-21-18-81-61(14-32(21)84-56-47(77)43(73)40(70)33(15-62)85-56)22(2)36-31(92-61)13-28-26-7-6-24-12-25(8-10-59(24,4)27(26)9-11-60(28,36)5)83-57-51(90-55-46(76)42(72)37(67)23(3)82-55)48(78)49(35(17-64)87-57)88-58-52(91-54-45(75)39(69)30(66)20-80-54)50(41(71)34(16-63)86-58)89-53-44(74)38(68)29(65)19-79-53/h21-58,62-78H,6-20H2,1-5H3/t21-,22+,23+,24+,25+,26-,27+,28+,29-,30-,31+,32+,33-,34-,35-,36+,37+,38+,39+,40-,41-,42-,43+,44-,45-,46-,47-,48+,49+,50+,51-,52-,53+,54+,55+,56-,57-,58+,59+,60+,61-/m1/s1. The second-order valence-corrected chi connectivity index (χ2v) is 29.1. The molecule has 12 fully saturated rings. The number of hydrogen-bond acceptors (Lipinski definition) is 31. The van der Waals surface area contributed by atoms with Crippen LogP contribution in [-0.4, -0.2) is 323 Å². The van der Waals surface area contributed by atoms with E-state index in [1.807, 2.05) is 6.92 Å². The van der Waals surface area contributed by atoms with Crippen LogP contribution in [0.2, 0.25) is 0 Å². The van der Waals surface area contributed by atoms with Crippen LogP contribution in [0.3, 0.4) is 0 Å². The molecule has 0 unspecified atom stereocenters. The van der Waals surface area contributed by atoms with Crippen LogP contribution < -0.4 is 0 Å². The van der Waals surface area contributed by atoms with Crippen molar-refractivity contribution < 1.29 is 153 Å². The molecule has 0 aromatic carbocycles. The molecule has 8 saturated heterocycles. The minimum atomic E-state index is -1.96. The summed E-state index contributed by atoms with van der Waals surface area (Å²) in [4.78, 5) is 0. The molecular weight excluding hydrogens is 1230 g/mol. The fourth-order valence-electron chi connectivity index (χ4n) is 18.5. The maximum Gasteiger partial charge on any atom is 0.187 e. The fourth-order valence-corrected chi connectivity index (χ4v) is 18.5. The van der Waals surface area contributed by atoms with Crippen LogP contribution in [-0.2, 0) is 66.3 Å². The Kier molecular flexibility index (Phi) is 21.3. The van der Waals surface area contributed by atoms with E-state index in [4.69, 9.17) is 66.3 Å². The lowest BCUT2D eigenvalue weighted by atomic mass is 9.44. The van der Waals surface area contributed by atoms with Gasteiger partial charge in [0.1, 0.15) is 128 Å². The van der Waals surface area contributed by atoms with Gasteiger partial charge in [-0.2, -0.15) is 0 Å². The minimum absolute atomic E-state index is 0.0263. The maximum atomic E-state index is 12.7. The summed E-state index contributed by atoms with van der Waals surface area (Å²) in [7, 11) is 0. The number of aliphatic hydroxyl groups is 17. The molecule has 0 aromatic rings. The van der Waals surface area contributed by atoms with Crippen LogP contribution in [0.1, 0.15) is 92.4 Å². The van der Waals surface area contributed by atoms with Gasteiger partial charge in [-0.1, -0.05) is 27.7 Å². The number of rotatable bonds is 15. The Morgan fingerprint density at radius 1 is 0.435 bits per heavy atom. The van der Waals surface area contributed by atoms with Crippen molar-refractivity contribution in [2.75, 3.05) is 39.6 Å². The normalized spacial score (nSPS) is 58.0. The van der Waals surface area contributed by atoms with Crippen LogP contribution in [0.15, 0.2) is 0 Å². The smallest absolute Gasteiger partial charge is 0.187 e. The third-order valence-electron chi connectivity index (χ3n) is 24.0. The van der Waals surface area contributed by atoms with E-state index < -0.39 is 223 Å². The third kappa shape index (κ3) is 12.5. The maximum absolute atomic E-state index is 12.7. The Balaban J connectivity index is 0.750. The van der Waals surface area contributed by atoms with E-state index in [-0.39, 0.29) is 40.6 Å². The zero-order valence-electron chi connectivity index (χ0n) is 52.4. The summed E-state index contributed by atoms with van der Waals surface area (Å²) >= 11 is 0. The molecular formula is C61H100O31. The Morgan fingerprint density at radius 2 is 0.978 bits per heavy atom. The highest BCUT2D eigenvalue weighted by Crippen LogP contribution is 2.71. The topological polar surface area (TPSA) is 473 Å². The SMILES string of the molecule is C[C@@H]1CO[C@]2(C[C@@H]1O[C@@H]1O[C@H](CO)[C@@H](O)[C@H](O)[C@H]1O)O[C@H]1C[C@H]3[C@@H]4CC[C@H]5C[C@@H](O[C@@H]6O[C@H](CO)[C@H](O[C@@H]7O[C@H](CO)[C@@H](O)[C@H](O[C@@H]8OC[C@@H](O)[C@H](O)[C@H]8O)[C@H]7O[C@@H]7OC[C@@H](O)[C@H](O)[C@H]7O)[C@H](O)[C@H]6O[C@@H]6O[C@@H](C)[C@H](O)[C@@H](O)[C@H]6O)CC[C@]5(C)[C@H]4CC[C@]3(C)[C@H]1[C@@H]2C. The van der Waals surface area contributed by atoms with E-state index in [1.165, 1.54) is 6.92 Å². The van der Waals surface area contributed by atoms with E-state index in [0.29, 0.717) is 43.6 Å². The van der Waals surface area contributed by atoms with Crippen LogP contribution in [0.25, 0.3) is 0 Å². The molecule has 31 nitrogen and oxygen atoms in total. The molecule has 41 atom stereocenters. The lowest BCUT2D eigenvalue weighted by molar-refractivity contribution is -0.408. The van der Waals surface area contributed by atoms with E-state index in [9.17, 15) is 86.8 Å². The van der Waals surface area contributed by atoms with Crippen molar-refractivity contribution in [2.24, 2.45) is 52.3 Å². The molecule has 4 saturated carbocycles. The molecule has 8 heterocycles. The Bertz CT molecular complexity index is 2440. The van der Waals surface area contributed by atoms with Crippen molar-refractivity contribution in [1.29, 1.82) is 0 Å². The lowest BCUT2D eigenvalue weighted by Gasteiger charge is -2.61. The van der Waals surface area contributed by atoms with Crippen LogP contribution in [0, 0.1) is 52.3 Å². The first-order valence-corrected chi connectivity index (χ1v) is 33.1. The number of hydrogen-bond donors (Lipinski definition) is 17. The molecule has 0 radical (unpaired) electrons. The van der Waals surface area contributed by atoms with Crippen molar-refractivity contribution in [1.82, 2.24) is 0 Å². The first kappa shape index (κ1) is 70.6. The summed E-state index contributed by atoms with van der Waals surface area (Å²) in [6.07, 6.45) is -41.2. The van der Waals surface area contributed by atoms with Crippen molar-refractivity contribution >= 4 is 0 Å². The second-order valence-electron chi connectivity index (χ2n) is 29.1. The highest BCUT2D eigenvalue weighted by atomic mass is 16.8. The molecule has 4 aliphatic carbocycles. The molecule has 0 amide bonds. The van der Waals surface area contributed by atoms with Gasteiger partial charge in [-0.15, -0.1) is 0 Å². The predicted octanol–water partition coefficient (Wildman–Crippen LogP) is -5.98. The molecule has 12 rings (SSSR count). The first-order chi connectivity index (χ1) is 43.7. The largest absolute Gasteiger partial charge is 0.394 e.